The lowest BCUT2D eigenvalue weighted by atomic mass is 10.2. The zero-order chi connectivity index (χ0) is 15.2. The lowest BCUT2D eigenvalue weighted by Crippen LogP contribution is -2.25. The maximum Gasteiger partial charge on any atom is 0.142 e. The van der Waals surface area contributed by atoms with Crippen LogP contribution < -0.4 is 15.2 Å². The fourth-order valence-corrected chi connectivity index (χ4v) is 1.76. The van der Waals surface area contributed by atoms with Gasteiger partial charge in [-0.05, 0) is 30.7 Å². The number of aliphatic hydroxyl groups is 1. The van der Waals surface area contributed by atoms with Crippen molar-refractivity contribution in [2.75, 3.05) is 18.9 Å². The number of nitrogen functional groups attached to an aromatic ring is 1. The Morgan fingerprint density at radius 2 is 1.76 bits per heavy atom. The van der Waals surface area contributed by atoms with E-state index in [0.717, 1.165) is 5.56 Å². The first-order chi connectivity index (χ1) is 10.1. The highest BCUT2D eigenvalue weighted by Crippen LogP contribution is 2.21. The summed E-state index contributed by atoms with van der Waals surface area (Å²) in [6.07, 6.45) is -0.840. The van der Waals surface area contributed by atoms with Crippen LogP contribution in [-0.4, -0.2) is 24.4 Å². The van der Waals surface area contributed by atoms with Gasteiger partial charge in [0.25, 0.3) is 0 Å². The van der Waals surface area contributed by atoms with Crippen LogP contribution in [0.4, 0.5) is 10.1 Å². The molecule has 0 heterocycles. The van der Waals surface area contributed by atoms with E-state index in [1.165, 1.54) is 12.1 Å². The molecule has 1 atom stereocenters. The summed E-state index contributed by atoms with van der Waals surface area (Å²) in [6, 6.07) is 11.3. The van der Waals surface area contributed by atoms with Gasteiger partial charge in [0.15, 0.2) is 0 Å². The molecule has 4 nitrogen and oxygen atoms in total. The number of ether oxygens (including phenoxy) is 2. The molecule has 5 heteroatoms. The van der Waals surface area contributed by atoms with Crippen molar-refractivity contribution in [2.24, 2.45) is 0 Å². The van der Waals surface area contributed by atoms with Crippen molar-refractivity contribution < 1.29 is 19.0 Å². The van der Waals surface area contributed by atoms with Crippen LogP contribution in [0.2, 0.25) is 0 Å². The Morgan fingerprint density at radius 1 is 1.10 bits per heavy atom. The maximum atomic E-state index is 13.1. The molecule has 0 radical (unpaired) electrons. The van der Waals surface area contributed by atoms with Gasteiger partial charge >= 0.3 is 0 Å². The molecule has 0 aliphatic carbocycles. The molecule has 0 aromatic heterocycles. The van der Waals surface area contributed by atoms with Gasteiger partial charge in [-0.2, -0.15) is 0 Å². The first kappa shape index (κ1) is 15.1. The average molecular weight is 291 g/mol. The van der Waals surface area contributed by atoms with E-state index in [0.29, 0.717) is 17.2 Å². The third-order valence-electron chi connectivity index (χ3n) is 2.93. The van der Waals surface area contributed by atoms with Crippen LogP contribution in [0.1, 0.15) is 5.56 Å². The van der Waals surface area contributed by atoms with Crippen LogP contribution in [-0.2, 0) is 0 Å². The molecule has 0 bridgehead atoms. The molecule has 0 saturated carbocycles. The van der Waals surface area contributed by atoms with E-state index >= 15 is 0 Å². The van der Waals surface area contributed by atoms with Crippen LogP contribution in [0, 0.1) is 12.7 Å². The first-order valence-electron chi connectivity index (χ1n) is 6.60. The Hall–Kier alpha value is -2.27. The van der Waals surface area contributed by atoms with E-state index < -0.39 is 6.10 Å². The molecule has 0 aliphatic rings. The molecule has 0 saturated heterocycles. The lowest BCUT2D eigenvalue weighted by molar-refractivity contribution is 0.0625. The Kier molecular flexibility index (Phi) is 5.00. The number of aliphatic hydroxyl groups excluding tert-OH is 1. The Labute approximate surface area is 122 Å². The Bertz CT molecular complexity index is 604. The van der Waals surface area contributed by atoms with E-state index in [1.807, 2.05) is 6.92 Å². The first-order valence-corrected chi connectivity index (χ1v) is 6.60. The monoisotopic (exact) mass is 291 g/mol. The van der Waals surface area contributed by atoms with Gasteiger partial charge in [-0.3, -0.25) is 0 Å². The van der Waals surface area contributed by atoms with Gasteiger partial charge < -0.3 is 20.3 Å². The molecule has 0 aliphatic heterocycles. The molecule has 0 spiro atoms. The van der Waals surface area contributed by atoms with Crippen molar-refractivity contribution >= 4 is 5.69 Å². The molecule has 3 N–H and O–H groups in total. The molecule has 21 heavy (non-hydrogen) atoms. The number of rotatable bonds is 6. The fraction of sp³-hybridized carbons (Fsp3) is 0.250. The number of hydrogen-bond donors (Lipinski definition) is 2. The summed E-state index contributed by atoms with van der Waals surface area (Å²) < 4.78 is 23.9. The van der Waals surface area contributed by atoms with E-state index in [2.05, 4.69) is 0 Å². The second kappa shape index (κ2) is 6.95. The third kappa shape index (κ3) is 4.36. The maximum absolute atomic E-state index is 13.1. The molecule has 2 rings (SSSR count). The number of nitrogens with two attached hydrogens (primary N) is 1. The topological polar surface area (TPSA) is 64.7 Å². The van der Waals surface area contributed by atoms with Crippen molar-refractivity contribution in [3.05, 3.63) is 53.8 Å². The van der Waals surface area contributed by atoms with Crippen molar-refractivity contribution in [2.45, 2.75) is 13.0 Å². The van der Waals surface area contributed by atoms with Crippen molar-refractivity contribution in [1.29, 1.82) is 0 Å². The molecule has 2 aromatic rings. The van der Waals surface area contributed by atoms with Gasteiger partial charge in [-0.15, -0.1) is 0 Å². The Morgan fingerprint density at radius 3 is 2.48 bits per heavy atom. The highest BCUT2D eigenvalue weighted by atomic mass is 19.1. The molecular formula is C16H18FNO3. The minimum Gasteiger partial charge on any atom is -0.490 e. The predicted molar refractivity (Wildman–Crippen MR) is 79.0 cm³/mol. The number of halogens is 1. The number of aryl methyl sites for hydroxylation is 1. The molecule has 2 aromatic carbocycles. The molecule has 0 amide bonds. The summed E-state index contributed by atoms with van der Waals surface area (Å²) >= 11 is 0. The largest absolute Gasteiger partial charge is 0.490 e. The van der Waals surface area contributed by atoms with Crippen LogP contribution in [0.5, 0.6) is 11.5 Å². The highest BCUT2D eigenvalue weighted by Gasteiger charge is 2.09. The third-order valence-corrected chi connectivity index (χ3v) is 2.93. The summed E-state index contributed by atoms with van der Waals surface area (Å²) in [5.41, 5.74) is 7.04. The van der Waals surface area contributed by atoms with E-state index in [4.69, 9.17) is 15.2 Å². The van der Waals surface area contributed by atoms with Crippen molar-refractivity contribution in [3.63, 3.8) is 0 Å². The quantitative estimate of drug-likeness (QED) is 0.803. The SMILES string of the molecule is Cc1ccc(F)cc1OCC(O)COc1ccccc1N. The number of anilines is 1. The predicted octanol–water partition coefficient (Wildman–Crippen LogP) is 2.54. The number of para-hydroxylation sites is 2. The van der Waals surface area contributed by atoms with E-state index in [-0.39, 0.29) is 19.0 Å². The molecule has 112 valence electrons. The smallest absolute Gasteiger partial charge is 0.142 e. The fourth-order valence-electron chi connectivity index (χ4n) is 1.76. The van der Waals surface area contributed by atoms with Gasteiger partial charge in [-0.1, -0.05) is 18.2 Å². The second-order valence-corrected chi connectivity index (χ2v) is 4.72. The van der Waals surface area contributed by atoms with Gasteiger partial charge in [0.05, 0.1) is 5.69 Å². The summed E-state index contributed by atoms with van der Waals surface area (Å²) in [6.45, 7) is 1.86. The van der Waals surface area contributed by atoms with E-state index in [1.54, 1.807) is 30.3 Å². The van der Waals surface area contributed by atoms with Gasteiger partial charge in [0.2, 0.25) is 0 Å². The molecular weight excluding hydrogens is 273 g/mol. The molecule has 1 unspecified atom stereocenters. The minimum absolute atomic E-state index is 0.0109. The van der Waals surface area contributed by atoms with Crippen LogP contribution in [0.3, 0.4) is 0 Å². The highest BCUT2D eigenvalue weighted by molar-refractivity contribution is 5.51. The number of hydrogen-bond acceptors (Lipinski definition) is 4. The lowest BCUT2D eigenvalue weighted by Gasteiger charge is -2.15. The summed E-state index contributed by atoms with van der Waals surface area (Å²) in [5, 5.41) is 9.84. The van der Waals surface area contributed by atoms with Crippen LogP contribution >= 0.6 is 0 Å². The van der Waals surface area contributed by atoms with Crippen LogP contribution in [0.25, 0.3) is 0 Å². The van der Waals surface area contributed by atoms with Gasteiger partial charge in [0, 0.05) is 6.07 Å². The van der Waals surface area contributed by atoms with Gasteiger partial charge in [-0.25, -0.2) is 4.39 Å². The standard InChI is InChI=1S/C16H18FNO3/c1-11-6-7-12(17)8-16(11)21-10-13(19)9-20-15-5-3-2-4-14(15)18/h2-8,13,19H,9-10,18H2,1H3. The number of benzene rings is 2. The van der Waals surface area contributed by atoms with Crippen molar-refractivity contribution in [1.82, 2.24) is 0 Å². The van der Waals surface area contributed by atoms with Gasteiger partial charge in [0.1, 0.15) is 36.6 Å². The average Bonchev–Trinajstić information content (AvgIpc) is 2.47. The zero-order valence-electron chi connectivity index (χ0n) is 11.8. The zero-order valence-corrected chi connectivity index (χ0v) is 11.8. The van der Waals surface area contributed by atoms with Crippen LogP contribution in [0.15, 0.2) is 42.5 Å². The summed E-state index contributed by atoms with van der Waals surface area (Å²) in [5.74, 6) is 0.546. The second-order valence-electron chi connectivity index (χ2n) is 4.72. The van der Waals surface area contributed by atoms with Crippen molar-refractivity contribution in [3.8, 4) is 11.5 Å². The van der Waals surface area contributed by atoms with E-state index in [9.17, 15) is 9.50 Å². The molecule has 0 fully saturated rings. The Balaban J connectivity index is 1.84. The summed E-state index contributed by atoms with van der Waals surface area (Å²) in [7, 11) is 0. The normalized spacial score (nSPS) is 12.0. The summed E-state index contributed by atoms with van der Waals surface area (Å²) in [4.78, 5) is 0. The minimum atomic E-state index is -0.840.